The molecule has 0 aliphatic carbocycles. The number of nitrogens with one attached hydrogen (secondary N) is 2. The zero-order valence-electron chi connectivity index (χ0n) is 16.4. The van der Waals surface area contributed by atoms with Crippen LogP contribution < -0.4 is 15.4 Å². The van der Waals surface area contributed by atoms with E-state index in [4.69, 9.17) is 4.74 Å². The van der Waals surface area contributed by atoms with E-state index in [0.29, 0.717) is 23.6 Å². The van der Waals surface area contributed by atoms with E-state index in [1.807, 2.05) is 55.7 Å². The second-order valence-corrected chi connectivity index (χ2v) is 6.74. The van der Waals surface area contributed by atoms with Crippen LogP contribution in [0.1, 0.15) is 15.9 Å². The van der Waals surface area contributed by atoms with Gasteiger partial charge in [-0.15, -0.1) is 0 Å². The van der Waals surface area contributed by atoms with Crippen LogP contribution in [0.5, 0.6) is 5.75 Å². The summed E-state index contributed by atoms with van der Waals surface area (Å²) in [5.74, 6) is 0.416. The summed E-state index contributed by atoms with van der Waals surface area (Å²) in [5.41, 5.74) is 3.90. The molecule has 150 valence electrons. The molecule has 2 aromatic heterocycles. The van der Waals surface area contributed by atoms with Crippen molar-refractivity contribution in [2.45, 2.75) is 6.61 Å². The van der Waals surface area contributed by atoms with Gasteiger partial charge in [-0.1, -0.05) is 18.2 Å². The van der Waals surface area contributed by atoms with Crippen LogP contribution in [0.3, 0.4) is 0 Å². The molecule has 2 N–H and O–H groups in total. The average molecular weight is 399 g/mol. The number of amides is 1. The minimum Gasteiger partial charge on any atom is -0.489 e. The highest BCUT2D eigenvalue weighted by molar-refractivity contribution is 6.04. The smallest absolute Gasteiger partial charge is 0.255 e. The van der Waals surface area contributed by atoms with Crippen LogP contribution in [-0.2, 0) is 13.7 Å². The Balaban J connectivity index is 1.40. The highest BCUT2D eigenvalue weighted by Crippen LogP contribution is 2.21. The molecule has 0 spiro atoms. The predicted molar refractivity (Wildman–Crippen MR) is 116 cm³/mol. The third-order valence-corrected chi connectivity index (χ3v) is 4.34. The van der Waals surface area contributed by atoms with Crippen LogP contribution in [0.4, 0.5) is 17.1 Å². The minimum atomic E-state index is -0.208. The molecule has 0 saturated heterocycles. The lowest BCUT2D eigenvalue weighted by Gasteiger charge is -2.10. The van der Waals surface area contributed by atoms with Crippen molar-refractivity contribution in [2.75, 3.05) is 10.6 Å². The quantitative estimate of drug-likeness (QED) is 0.482. The van der Waals surface area contributed by atoms with Crippen molar-refractivity contribution in [2.24, 2.45) is 7.05 Å². The zero-order valence-corrected chi connectivity index (χ0v) is 16.4. The van der Waals surface area contributed by atoms with Gasteiger partial charge in [0.15, 0.2) is 0 Å². The standard InChI is InChI=1S/C23H21N5O2/c1-28-15-21(14-25-28)26-19-7-3-8-20(12-19)27-23(29)18-6-2-9-22(11-18)30-16-17-5-4-10-24-13-17/h2-15,26H,16H2,1H3,(H,27,29). The van der Waals surface area contributed by atoms with E-state index < -0.39 is 0 Å². The highest BCUT2D eigenvalue weighted by atomic mass is 16.5. The van der Waals surface area contributed by atoms with Crippen molar-refractivity contribution in [3.63, 3.8) is 0 Å². The fourth-order valence-electron chi connectivity index (χ4n) is 2.91. The summed E-state index contributed by atoms with van der Waals surface area (Å²) in [4.78, 5) is 16.8. The second kappa shape index (κ2) is 8.91. The Kier molecular flexibility index (Phi) is 5.70. The molecular weight excluding hydrogens is 378 g/mol. The number of carbonyl (C=O) groups is 1. The van der Waals surface area contributed by atoms with E-state index in [1.54, 1.807) is 41.5 Å². The van der Waals surface area contributed by atoms with Crippen molar-refractivity contribution in [1.82, 2.24) is 14.8 Å². The van der Waals surface area contributed by atoms with Crippen LogP contribution in [0.25, 0.3) is 0 Å². The third-order valence-electron chi connectivity index (χ3n) is 4.34. The predicted octanol–water partition coefficient (Wildman–Crippen LogP) is 4.39. The van der Waals surface area contributed by atoms with Gasteiger partial charge in [0.1, 0.15) is 12.4 Å². The fourth-order valence-corrected chi connectivity index (χ4v) is 2.91. The lowest BCUT2D eigenvalue weighted by molar-refractivity contribution is 0.102. The minimum absolute atomic E-state index is 0.208. The molecule has 7 nitrogen and oxygen atoms in total. The van der Waals surface area contributed by atoms with E-state index >= 15 is 0 Å². The number of aryl methyl sites for hydroxylation is 1. The Morgan fingerprint density at radius 1 is 1.00 bits per heavy atom. The number of ether oxygens (including phenoxy) is 1. The molecule has 0 saturated carbocycles. The van der Waals surface area contributed by atoms with Gasteiger partial charge < -0.3 is 15.4 Å². The molecule has 0 radical (unpaired) electrons. The van der Waals surface area contributed by atoms with Gasteiger partial charge in [0.2, 0.25) is 0 Å². The Hall–Kier alpha value is -4.13. The molecule has 4 aromatic rings. The number of anilines is 3. The molecule has 0 unspecified atom stereocenters. The van der Waals surface area contributed by atoms with Crippen LogP contribution in [0.2, 0.25) is 0 Å². The number of benzene rings is 2. The van der Waals surface area contributed by atoms with Gasteiger partial charge in [0.25, 0.3) is 5.91 Å². The van der Waals surface area contributed by atoms with Gasteiger partial charge in [0.05, 0.1) is 11.9 Å². The van der Waals surface area contributed by atoms with Crippen molar-refractivity contribution < 1.29 is 9.53 Å². The molecule has 0 aliphatic heterocycles. The summed E-state index contributed by atoms with van der Waals surface area (Å²) in [6.07, 6.45) is 7.09. The molecule has 0 aliphatic rings. The molecule has 2 aromatic carbocycles. The van der Waals surface area contributed by atoms with Crippen LogP contribution in [0, 0.1) is 0 Å². The molecule has 30 heavy (non-hydrogen) atoms. The van der Waals surface area contributed by atoms with E-state index in [1.165, 1.54) is 0 Å². The largest absolute Gasteiger partial charge is 0.489 e. The van der Waals surface area contributed by atoms with E-state index in [-0.39, 0.29) is 5.91 Å². The van der Waals surface area contributed by atoms with Gasteiger partial charge in [0, 0.05) is 48.1 Å². The van der Waals surface area contributed by atoms with E-state index in [2.05, 4.69) is 20.7 Å². The van der Waals surface area contributed by atoms with E-state index in [0.717, 1.165) is 16.9 Å². The van der Waals surface area contributed by atoms with Crippen LogP contribution in [-0.4, -0.2) is 20.7 Å². The topological polar surface area (TPSA) is 81.1 Å². The first-order chi connectivity index (χ1) is 14.7. The average Bonchev–Trinajstić information content (AvgIpc) is 3.18. The number of nitrogens with zero attached hydrogens (tertiary/aromatic N) is 3. The zero-order chi connectivity index (χ0) is 20.8. The van der Waals surface area contributed by atoms with Crippen LogP contribution >= 0.6 is 0 Å². The summed E-state index contributed by atoms with van der Waals surface area (Å²) in [5, 5.41) is 10.3. The first-order valence-electron chi connectivity index (χ1n) is 9.44. The van der Waals surface area contributed by atoms with Gasteiger partial charge in [-0.2, -0.15) is 5.10 Å². The number of carbonyl (C=O) groups excluding carboxylic acids is 1. The summed E-state index contributed by atoms with van der Waals surface area (Å²) < 4.78 is 7.50. The maximum Gasteiger partial charge on any atom is 0.255 e. The van der Waals surface area contributed by atoms with Crippen molar-refractivity contribution in [3.8, 4) is 5.75 Å². The van der Waals surface area contributed by atoms with Crippen LogP contribution in [0.15, 0.2) is 85.5 Å². The second-order valence-electron chi connectivity index (χ2n) is 6.74. The van der Waals surface area contributed by atoms with E-state index in [9.17, 15) is 4.79 Å². The number of hydrogen-bond donors (Lipinski definition) is 2. The summed E-state index contributed by atoms with van der Waals surface area (Å²) in [6, 6.07) is 18.4. The van der Waals surface area contributed by atoms with Crippen molar-refractivity contribution in [3.05, 3.63) is 96.6 Å². The highest BCUT2D eigenvalue weighted by Gasteiger charge is 2.08. The van der Waals surface area contributed by atoms with Gasteiger partial charge in [-0.05, 0) is 42.5 Å². The molecule has 1 amide bonds. The summed E-state index contributed by atoms with van der Waals surface area (Å²) in [6.45, 7) is 0.390. The first kappa shape index (κ1) is 19.2. The Labute approximate surface area is 174 Å². The lowest BCUT2D eigenvalue weighted by Crippen LogP contribution is -2.12. The molecule has 4 rings (SSSR count). The number of aromatic nitrogens is 3. The summed E-state index contributed by atoms with van der Waals surface area (Å²) in [7, 11) is 1.86. The fraction of sp³-hybridized carbons (Fsp3) is 0.0870. The van der Waals surface area contributed by atoms with Gasteiger partial charge >= 0.3 is 0 Å². The molecule has 0 fully saturated rings. The van der Waals surface area contributed by atoms with Gasteiger partial charge in [-0.25, -0.2) is 0 Å². The molecule has 2 heterocycles. The van der Waals surface area contributed by atoms with Gasteiger partial charge in [-0.3, -0.25) is 14.5 Å². The monoisotopic (exact) mass is 399 g/mol. The number of hydrogen-bond acceptors (Lipinski definition) is 5. The molecular formula is C23H21N5O2. The number of rotatable bonds is 7. The normalized spacial score (nSPS) is 10.4. The maximum absolute atomic E-state index is 12.7. The van der Waals surface area contributed by atoms with Crippen molar-refractivity contribution in [1.29, 1.82) is 0 Å². The maximum atomic E-state index is 12.7. The number of pyridine rings is 1. The molecule has 0 atom stereocenters. The first-order valence-corrected chi connectivity index (χ1v) is 9.44. The Morgan fingerprint density at radius 2 is 1.87 bits per heavy atom. The summed E-state index contributed by atoms with van der Waals surface area (Å²) >= 11 is 0. The Bertz CT molecular complexity index is 1140. The Morgan fingerprint density at radius 3 is 2.67 bits per heavy atom. The molecule has 7 heteroatoms. The SMILES string of the molecule is Cn1cc(Nc2cccc(NC(=O)c3cccc(OCc4cccnc4)c3)c2)cn1. The third kappa shape index (κ3) is 5.02. The lowest BCUT2D eigenvalue weighted by atomic mass is 10.2. The molecule has 0 bridgehead atoms. The van der Waals surface area contributed by atoms with Crippen molar-refractivity contribution >= 4 is 23.0 Å².